The van der Waals surface area contributed by atoms with Gasteiger partial charge in [0.15, 0.2) is 0 Å². The molecule has 0 spiro atoms. The Labute approximate surface area is 92.2 Å². The van der Waals surface area contributed by atoms with Crippen LogP contribution in [0.3, 0.4) is 0 Å². The van der Waals surface area contributed by atoms with Gasteiger partial charge >= 0.3 is 0 Å². The number of anilines is 1. The molecule has 15 heavy (non-hydrogen) atoms. The zero-order chi connectivity index (χ0) is 11.5. The summed E-state index contributed by atoms with van der Waals surface area (Å²) in [7, 11) is 0. The van der Waals surface area contributed by atoms with Gasteiger partial charge < -0.3 is 9.88 Å². The van der Waals surface area contributed by atoms with Crippen LogP contribution >= 0.6 is 0 Å². The summed E-state index contributed by atoms with van der Waals surface area (Å²) >= 11 is 0. The Morgan fingerprint density at radius 3 is 2.80 bits per heavy atom. The van der Waals surface area contributed by atoms with E-state index in [1.807, 2.05) is 19.2 Å². The Hall–Kier alpha value is -1.25. The summed E-state index contributed by atoms with van der Waals surface area (Å²) < 4.78 is 2.08. The lowest BCUT2D eigenvalue weighted by molar-refractivity contribution is 0.537. The number of imidazole rings is 1. The van der Waals surface area contributed by atoms with Gasteiger partial charge in [-0.15, -0.1) is 6.58 Å². The highest BCUT2D eigenvalue weighted by atomic mass is 15.2. The average Bonchev–Trinajstić information content (AvgIpc) is 2.47. The Balaban J connectivity index is 2.88. The van der Waals surface area contributed by atoms with Crippen LogP contribution in [0.5, 0.6) is 0 Å². The second kappa shape index (κ2) is 4.51. The SMILES string of the molecule is C=CCn1cc(C)nc1NC(C)(C)CC. The van der Waals surface area contributed by atoms with Crippen LogP contribution in [0.4, 0.5) is 5.95 Å². The molecule has 1 N–H and O–H groups in total. The highest BCUT2D eigenvalue weighted by Gasteiger charge is 2.17. The molecule has 0 aliphatic carbocycles. The van der Waals surface area contributed by atoms with E-state index in [9.17, 15) is 0 Å². The Kier molecular flexibility index (Phi) is 3.56. The lowest BCUT2D eigenvalue weighted by Crippen LogP contribution is -2.31. The molecule has 84 valence electrons. The van der Waals surface area contributed by atoms with Gasteiger partial charge in [-0.3, -0.25) is 0 Å². The molecule has 0 radical (unpaired) electrons. The van der Waals surface area contributed by atoms with Crippen molar-refractivity contribution in [3.05, 3.63) is 24.5 Å². The van der Waals surface area contributed by atoms with Gasteiger partial charge in [0.05, 0.1) is 5.69 Å². The molecule has 0 aliphatic rings. The van der Waals surface area contributed by atoms with E-state index in [2.05, 4.69) is 42.2 Å². The van der Waals surface area contributed by atoms with Gasteiger partial charge in [-0.2, -0.15) is 0 Å². The predicted molar refractivity (Wildman–Crippen MR) is 65.2 cm³/mol. The highest BCUT2D eigenvalue weighted by Crippen LogP contribution is 2.17. The molecule has 1 aromatic heterocycles. The minimum Gasteiger partial charge on any atom is -0.351 e. The van der Waals surface area contributed by atoms with Crippen LogP contribution in [0.1, 0.15) is 32.9 Å². The average molecular weight is 207 g/mol. The zero-order valence-electron chi connectivity index (χ0n) is 10.2. The summed E-state index contributed by atoms with van der Waals surface area (Å²) in [5, 5.41) is 3.45. The predicted octanol–water partition coefficient (Wildman–Crippen LogP) is 2.98. The van der Waals surface area contributed by atoms with Crippen LogP contribution in [-0.2, 0) is 6.54 Å². The van der Waals surface area contributed by atoms with Gasteiger partial charge in [-0.05, 0) is 27.2 Å². The molecule has 3 heteroatoms. The topological polar surface area (TPSA) is 29.9 Å². The number of aromatic nitrogens is 2. The second-order valence-corrected chi connectivity index (χ2v) is 4.51. The summed E-state index contributed by atoms with van der Waals surface area (Å²) in [4.78, 5) is 4.47. The summed E-state index contributed by atoms with van der Waals surface area (Å²) in [6, 6.07) is 0. The maximum Gasteiger partial charge on any atom is 0.203 e. The first-order valence-electron chi connectivity index (χ1n) is 5.41. The van der Waals surface area contributed by atoms with Crippen molar-refractivity contribution in [1.29, 1.82) is 0 Å². The third-order valence-corrected chi connectivity index (χ3v) is 2.56. The molecule has 0 unspecified atom stereocenters. The molecule has 0 atom stereocenters. The fourth-order valence-corrected chi connectivity index (χ4v) is 1.32. The molecule has 0 amide bonds. The first-order valence-corrected chi connectivity index (χ1v) is 5.41. The van der Waals surface area contributed by atoms with E-state index in [1.165, 1.54) is 0 Å². The van der Waals surface area contributed by atoms with Gasteiger partial charge in [-0.25, -0.2) is 4.98 Å². The Morgan fingerprint density at radius 2 is 2.27 bits per heavy atom. The maximum atomic E-state index is 4.47. The Bertz CT molecular complexity index is 337. The Morgan fingerprint density at radius 1 is 1.60 bits per heavy atom. The molecule has 0 aromatic carbocycles. The lowest BCUT2D eigenvalue weighted by Gasteiger charge is -2.25. The molecule has 0 saturated carbocycles. The smallest absolute Gasteiger partial charge is 0.203 e. The number of hydrogen-bond acceptors (Lipinski definition) is 2. The van der Waals surface area contributed by atoms with Crippen LogP contribution in [0, 0.1) is 6.92 Å². The van der Waals surface area contributed by atoms with Gasteiger partial charge in [-0.1, -0.05) is 13.0 Å². The lowest BCUT2D eigenvalue weighted by atomic mass is 10.0. The first-order chi connectivity index (χ1) is 6.98. The number of rotatable bonds is 5. The third kappa shape index (κ3) is 3.11. The summed E-state index contributed by atoms with van der Waals surface area (Å²) in [6.07, 6.45) is 4.98. The number of nitrogens with one attached hydrogen (secondary N) is 1. The number of allylic oxidation sites excluding steroid dienone is 1. The van der Waals surface area contributed by atoms with Crippen molar-refractivity contribution < 1.29 is 0 Å². The number of hydrogen-bond donors (Lipinski definition) is 1. The molecule has 3 nitrogen and oxygen atoms in total. The molecule has 1 rings (SSSR count). The molecular weight excluding hydrogens is 186 g/mol. The van der Waals surface area contributed by atoms with E-state index in [0.717, 1.165) is 24.6 Å². The quantitative estimate of drug-likeness (QED) is 0.752. The number of nitrogens with zero attached hydrogens (tertiary/aromatic N) is 2. The minimum absolute atomic E-state index is 0.0801. The van der Waals surface area contributed by atoms with E-state index in [0.29, 0.717) is 0 Å². The molecule has 1 heterocycles. The van der Waals surface area contributed by atoms with Crippen molar-refractivity contribution >= 4 is 5.95 Å². The van der Waals surface area contributed by atoms with Crippen LogP contribution < -0.4 is 5.32 Å². The van der Waals surface area contributed by atoms with Crippen LogP contribution in [0.25, 0.3) is 0 Å². The second-order valence-electron chi connectivity index (χ2n) is 4.51. The fourth-order valence-electron chi connectivity index (χ4n) is 1.32. The standard InChI is InChI=1S/C12H21N3/c1-6-8-15-9-10(3)13-11(15)14-12(4,5)7-2/h6,9H,1,7-8H2,2-5H3,(H,13,14). The molecule has 0 aliphatic heterocycles. The first kappa shape index (κ1) is 11.8. The molecule has 0 bridgehead atoms. The minimum atomic E-state index is 0.0801. The van der Waals surface area contributed by atoms with Crippen molar-refractivity contribution in [2.45, 2.75) is 46.2 Å². The maximum absolute atomic E-state index is 4.47. The van der Waals surface area contributed by atoms with Gasteiger partial charge in [0, 0.05) is 18.3 Å². The van der Waals surface area contributed by atoms with Gasteiger partial charge in [0.25, 0.3) is 0 Å². The van der Waals surface area contributed by atoms with Crippen molar-refractivity contribution in [3.8, 4) is 0 Å². The fraction of sp³-hybridized carbons (Fsp3) is 0.583. The molecule has 0 fully saturated rings. The van der Waals surface area contributed by atoms with E-state index < -0.39 is 0 Å². The summed E-state index contributed by atoms with van der Waals surface area (Å²) in [5.74, 6) is 0.930. The molecular formula is C12H21N3. The van der Waals surface area contributed by atoms with E-state index in [4.69, 9.17) is 0 Å². The van der Waals surface area contributed by atoms with E-state index >= 15 is 0 Å². The van der Waals surface area contributed by atoms with Crippen molar-refractivity contribution in [2.75, 3.05) is 5.32 Å². The largest absolute Gasteiger partial charge is 0.351 e. The molecule has 0 saturated heterocycles. The van der Waals surface area contributed by atoms with Crippen LogP contribution in [0.2, 0.25) is 0 Å². The van der Waals surface area contributed by atoms with Crippen molar-refractivity contribution in [3.63, 3.8) is 0 Å². The van der Waals surface area contributed by atoms with Gasteiger partial charge in [0.1, 0.15) is 0 Å². The van der Waals surface area contributed by atoms with E-state index in [1.54, 1.807) is 0 Å². The normalized spacial score (nSPS) is 11.5. The third-order valence-electron chi connectivity index (χ3n) is 2.56. The molecule has 1 aromatic rings. The monoisotopic (exact) mass is 207 g/mol. The summed E-state index contributed by atoms with van der Waals surface area (Å²) in [6.45, 7) is 13.1. The van der Waals surface area contributed by atoms with Crippen LogP contribution in [-0.4, -0.2) is 15.1 Å². The van der Waals surface area contributed by atoms with Crippen molar-refractivity contribution in [2.24, 2.45) is 0 Å². The van der Waals surface area contributed by atoms with E-state index in [-0.39, 0.29) is 5.54 Å². The number of aryl methyl sites for hydroxylation is 1. The summed E-state index contributed by atoms with van der Waals surface area (Å²) in [5.41, 5.74) is 1.11. The highest BCUT2D eigenvalue weighted by molar-refractivity contribution is 5.32. The van der Waals surface area contributed by atoms with Crippen molar-refractivity contribution in [1.82, 2.24) is 9.55 Å². The zero-order valence-corrected chi connectivity index (χ0v) is 10.2. The van der Waals surface area contributed by atoms with Gasteiger partial charge in [0.2, 0.25) is 5.95 Å². The van der Waals surface area contributed by atoms with Crippen LogP contribution in [0.15, 0.2) is 18.9 Å².